The molecule has 0 radical (unpaired) electrons. The molecule has 0 aliphatic heterocycles. The molecule has 0 fully saturated rings. The third-order valence-electron chi connectivity index (χ3n) is 3.15. The summed E-state index contributed by atoms with van der Waals surface area (Å²) in [4.78, 5) is 0. The molecule has 1 heteroatoms. The van der Waals surface area contributed by atoms with Crippen LogP contribution >= 0.6 is 0 Å². The first-order valence-corrected chi connectivity index (χ1v) is 16.8. The van der Waals surface area contributed by atoms with Gasteiger partial charge in [0.2, 0.25) is 0 Å². The van der Waals surface area contributed by atoms with Crippen molar-refractivity contribution in [2.75, 3.05) is 0 Å². The predicted molar refractivity (Wildman–Crippen MR) is 48.9 cm³/mol. The van der Waals surface area contributed by atoms with Crippen LogP contribution in [0.15, 0.2) is 23.8 Å². The van der Waals surface area contributed by atoms with Gasteiger partial charge in [0, 0.05) is 0 Å². The van der Waals surface area contributed by atoms with Crippen molar-refractivity contribution >= 4 is 0 Å². The van der Waals surface area contributed by atoms with Crippen molar-refractivity contribution in [2.24, 2.45) is 0 Å². The van der Waals surface area contributed by atoms with E-state index >= 15 is 0 Å². The molecule has 0 spiro atoms. The molecule has 0 heterocycles. The van der Waals surface area contributed by atoms with Gasteiger partial charge in [0.25, 0.3) is 0 Å². The van der Waals surface area contributed by atoms with Crippen LogP contribution in [0.3, 0.4) is 0 Å². The van der Waals surface area contributed by atoms with E-state index < -0.39 is 20.0 Å². The van der Waals surface area contributed by atoms with Gasteiger partial charge in [0.1, 0.15) is 0 Å². The minimum atomic E-state index is -1.91. The van der Waals surface area contributed by atoms with Gasteiger partial charge < -0.3 is 0 Å². The van der Waals surface area contributed by atoms with Gasteiger partial charge in [0.05, 0.1) is 0 Å². The van der Waals surface area contributed by atoms with Gasteiger partial charge in [-0.25, -0.2) is 0 Å². The Morgan fingerprint density at radius 2 is 1.82 bits per heavy atom. The first-order valence-electron chi connectivity index (χ1n) is 4.24. The van der Waals surface area contributed by atoms with Crippen LogP contribution in [0.4, 0.5) is 0 Å². The maximum atomic E-state index is 2.51. The fraction of sp³-hybridized carbons (Fsp3) is 0.600. The van der Waals surface area contributed by atoms with Crippen LogP contribution in [0.2, 0.25) is 17.2 Å². The second kappa shape index (κ2) is 2.69. The van der Waals surface area contributed by atoms with Gasteiger partial charge in [-0.1, -0.05) is 0 Å². The topological polar surface area (TPSA) is 0 Å². The average molecular weight is 317 g/mol. The fourth-order valence-corrected chi connectivity index (χ4v) is 8.22. The molecule has 11 heavy (non-hydrogen) atoms. The average Bonchev–Trinajstić information content (AvgIpc) is 2.12. The Balaban J connectivity index is 3.02. The molecule has 1 atom stereocenters. The Morgan fingerprint density at radius 1 is 1.27 bits per heavy atom. The Labute approximate surface area is 74.7 Å². The van der Waals surface area contributed by atoms with E-state index in [4.69, 9.17) is 0 Å². The van der Waals surface area contributed by atoms with E-state index in [0.717, 1.165) is 0 Å². The van der Waals surface area contributed by atoms with Crippen molar-refractivity contribution in [3.05, 3.63) is 23.8 Å². The second-order valence-corrected chi connectivity index (χ2v) is 24.6. The van der Waals surface area contributed by atoms with Crippen molar-refractivity contribution in [3.8, 4) is 0 Å². The molecule has 0 aromatic rings. The third-order valence-corrected chi connectivity index (χ3v) is 16.4. The minimum absolute atomic E-state index is 0.493. The van der Waals surface area contributed by atoms with Crippen LogP contribution in [0.25, 0.3) is 0 Å². The molecular formula is C10H18Hf. The summed E-state index contributed by atoms with van der Waals surface area (Å²) in [5, 5.41) is 0. The van der Waals surface area contributed by atoms with Crippen molar-refractivity contribution < 1.29 is 20.0 Å². The zero-order valence-electron chi connectivity index (χ0n) is 8.23. The summed E-state index contributed by atoms with van der Waals surface area (Å²) in [7, 11) is 0. The van der Waals surface area contributed by atoms with Crippen LogP contribution in [0, 0.1) is 0 Å². The van der Waals surface area contributed by atoms with Gasteiger partial charge in [0.15, 0.2) is 0 Å². The first-order chi connectivity index (χ1) is 4.88. The molecule has 1 aliphatic carbocycles. The van der Waals surface area contributed by atoms with Crippen LogP contribution in [0.1, 0.15) is 13.8 Å². The van der Waals surface area contributed by atoms with E-state index in [1.807, 2.05) is 0 Å². The summed E-state index contributed by atoms with van der Waals surface area (Å²) in [6.45, 7) is 4.68. The Bertz CT molecular complexity index is 218. The molecule has 1 aliphatic rings. The summed E-state index contributed by atoms with van der Waals surface area (Å²) < 4.78 is 8.03. The molecule has 0 amide bonds. The van der Waals surface area contributed by atoms with Gasteiger partial charge in [-0.15, -0.1) is 0 Å². The molecule has 1 unspecified atom stereocenters. The van der Waals surface area contributed by atoms with Crippen molar-refractivity contribution in [1.29, 1.82) is 0 Å². The van der Waals surface area contributed by atoms with Gasteiger partial charge in [-0.05, 0) is 0 Å². The van der Waals surface area contributed by atoms with Gasteiger partial charge in [-0.2, -0.15) is 0 Å². The molecule has 0 bridgehead atoms. The molecular weight excluding hydrogens is 299 g/mol. The van der Waals surface area contributed by atoms with Gasteiger partial charge in [-0.3, -0.25) is 0 Å². The number of rotatable bonds is 1. The predicted octanol–water partition coefficient (Wildman–Crippen LogP) is 3.98. The van der Waals surface area contributed by atoms with Crippen LogP contribution < -0.4 is 0 Å². The molecule has 0 aromatic heterocycles. The summed E-state index contributed by atoms with van der Waals surface area (Å²) >= 11 is -1.91. The van der Waals surface area contributed by atoms with E-state index in [-0.39, 0.29) is 0 Å². The Hall–Kier alpha value is 0.350. The SMILES string of the molecule is CC1=CC=C[C]1(C)[Hf]([CH3])([CH3])[CH3]. The molecule has 0 aromatic carbocycles. The number of hydrogen-bond acceptors (Lipinski definition) is 0. The first kappa shape index (κ1) is 9.44. The van der Waals surface area contributed by atoms with Crippen molar-refractivity contribution in [2.45, 2.75) is 31.1 Å². The second-order valence-electron chi connectivity index (χ2n) is 4.66. The zero-order chi connectivity index (χ0) is 8.70. The summed E-state index contributed by atoms with van der Waals surface area (Å²) in [6, 6.07) is 0. The standard InChI is InChI=1S/C7H9.3CH3.Hf/c1-6-4-3-5-7(6)2;;;;/h3-5H,1-2H3;3*1H3;. The van der Waals surface area contributed by atoms with Crippen LogP contribution in [-0.4, -0.2) is 0 Å². The van der Waals surface area contributed by atoms with E-state index in [2.05, 4.69) is 46.1 Å². The Kier molecular flexibility index (Phi) is 2.31. The molecule has 0 nitrogen and oxygen atoms in total. The van der Waals surface area contributed by atoms with E-state index in [1.165, 1.54) is 0 Å². The fourth-order valence-electron chi connectivity index (χ4n) is 1.53. The molecule has 62 valence electrons. The van der Waals surface area contributed by atoms with E-state index in [9.17, 15) is 0 Å². The zero-order valence-corrected chi connectivity index (χ0v) is 11.8. The maximum absolute atomic E-state index is 2.51. The van der Waals surface area contributed by atoms with Gasteiger partial charge >= 0.3 is 74.8 Å². The molecule has 0 saturated carbocycles. The third kappa shape index (κ3) is 1.44. The summed E-state index contributed by atoms with van der Waals surface area (Å²) in [5.41, 5.74) is 1.58. The van der Waals surface area contributed by atoms with Crippen LogP contribution in [-0.2, 0) is 20.0 Å². The number of allylic oxidation sites excluding steroid dienone is 4. The Morgan fingerprint density at radius 3 is 2.00 bits per heavy atom. The van der Waals surface area contributed by atoms with E-state index in [1.54, 1.807) is 5.57 Å². The number of hydrogen-bond donors (Lipinski definition) is 0. The summed E-state index contributed by atoms with van der Waals surface area (Å²) in [5.74, 6) is 0. The molecule has 1 rings (SSSR count). The normalized spacial score (nSPS) is 30.8. The molecule has 0 N–H and O–H groups in total. The quantitative estimate of drug-likeness (QED) is 0.642. The van der Waals surface area contributed by atoms with E-state index in [0.29, 0.717) is 3.17 Å². The summed E-state index contributed by atoms with van der Waals surface area (Å²) in [6.07, 6.45) is 6.90. The van der Waals surface area contributed by atoms with Crippen molar-refractivity contribution in [3.63, 3.8) is 0 Å². The molecule has 0 saturated heterocycles. The van der Waals surface area contributed by atoms with Crippen molar-refractivity contribution in [1.82, 2.24) is 0 Å². The monoisotopic (exact) mass is 318 g/mol. The van der Waals surface area contributed by atoms with Crippen LogP contribution in [0.5, 0.6) is 0 Å².